The number of nitrogens with zero attached hydrogens (tertiary/aromatic N) is 2. The van der Waals surface area contributed by atoms with Gasteiger partial charge in [0.15, 0.2) is 0 Å². The third-order valence-electron chi connectivity index (χ3n) is 7.13. The van der Waals surface area contributed by atoms with Gasteiger partial charge in [-0.3, -0.25) is 0 Å². The van der Waals surface area contributed by atoms with Crippen molar-refractivity contribution in [3.63, 3.8) is 0 Å². The Morgan fingerprint density at radius 2 is 1.50 bits per heavy atom. The molecule has 42 heavy (non-hydrogen) atoms. The number of furan rings is 1. The molecule has 0 bridgehead atoms. The second kappa shape index (κ2) is 11.9. The molecule has 2 aromatic heterocycles. The number of benzene rings is 5. The Hall–Kier alpha value is -4.85. The minimum absolute atomic E-state index is 0. The number of hydrogen-bond donors (Lipinski definition) is 0. The maximum absolute atomic E-state index is 5.96. The van der Waals surface area contributed by atoms with Gasteiger partial charge in [-0.25, -0.2) is 0 Å². The van der Waals surface area contributed by atoms with Gasteiger partial charge in [0.1, 0.15) is 11.5 Å². The van der Waals surface area contributed by atoms with E-state index in [9.17, 15) is 0 Å². The van der Waals surface area contributed by atoms with Crippen LogP contribution in [0.2, 0.25) is 0 Å². The summed E-state index contributed by atoms with van der Waals surface area (Å²) in [4.78, 5) is 4.32. The summed E-state index contributed by atoms with van der Waals surface area (Å²) >= 11 is 0. The van der Waals surface area contributed by atoms with Crippen LogP contribution in [0.15, 0.2) is 138 Å². The average Bonchev–Trinajstić information content (AvgIpc) is 3.61. The summed E-state index contributed by atoms with van der Waals surface area (Å²) in [5, 5.41) is 2.23. The summed E-state index contributed by atoms with van der Waals surface area (Å²) in [6.07, 6.45) is 1.87. The zero-order valence-electron chi connectivity index (χ0n) is 22.8. The molecule has 0 spiro atoms. The standard InChI is InChI=1S/C26H15NO.C12H10N.Ir/c1-2-8-19(9-3-1)27-17-23(20-10-4-6-12-24(20)27)18-14-15-26-22(16-18)21-11-5-7-13-25(21)28-26;1-10-7-8-12(13-9-10)11-5-3-2-4-6-11;/h1-13,15-16H;2-5,7-9H,1H3;/q;-1;. The predicted octanol–water partition coefficient (Wildman–Crippen LogP) is 9.19. The molecular formula is C38H25IrN2O-. The van der Waals surface area contributed by atoms with Gasteiger partial charge < -0.3 is 9.40 Å². The summed E-state index contributed by atoms with van der Waals surface area (Å²) in [5.41, 5.74) is 10.4. The zero-order chi connectivity index (χ0) is 27.6. The number of pyridine rings is 1. The quantitative estimate of drug-likeness (QED) is 0.135. The van der Waals surface area contributed by atoms with Crippen LogP contribution in [-0.4, -0.2) is 10.9 Å². The van der Waals surface area contributed by atoms with E-state index in [0.717, 1.165) is 61.3 Å². The van der Waals surface area contributed by atoms with E-state index in [1.54, 1.807) is 0 Å². The Balaban J connectivity index is 0.000000191. The number of hydrogen-bond acceptors (Lipinski definition) is 2. The summed E-state index contributed by atoms with van der Waals surface area (Å²) in [5.74, 6) is 3.58. The van der Waals surface area contributed by atoms with Gasteiger partial charge in [0.05, 0.1) is 5.58 Å². The Kier molecular flexibility index (Phi) is 7.77. The molecule has 0 saturated carbocycles. The van der Waals surface area contributed by atoms with Crippen molar-refractivity contribution < 1.29 is 24.5 Å². The zero-order valence-corrected chi connectivity index (χ0v) is 25.2. The van der Waals surface area contributed by atoms with Gasteiger partial charge in [0.2, 0.25) is 11.4 Å². The van der Waals surface area contributed by atoms with Crippen LogP contribution in [0, 0.1) is 19.1 Å². The molecule has 1 aliphatic heterocycles. The Labute approximate surface area is 258 Å². The molecule has 0 unspecified atom stereocenters. The van der Waals surface area contributed by atoms with Crippen molar-refractivity contribution in [2.24, 2.45) is 0 Å². The summed E-state index contributed by atoms with van der Waals surface area (Å²) in [6, 6.07) is 49.5. The van der Waals surface area contributed by atoms with Crippen LogP contribution in [0.1, 0.15) is 16.7 Å². The number of rotatable bonds is 3. The molecule has 0 saturated heterocycles. The molecule has 7 aromatic rings. The normalized spacial score (nSPS) is 11.6. The number of para-hydroxylation sites is 3. The monoisotopic (exact) mass is 718 g/mol. The van der Waals surface area contributed by atoms with Gasteiger partial charge in [-0.1, -0.05) is 72.1 Å². The summed E-state index contributed by atoms with van der Waals surface area (Å²) < 4.78 is 8.08. The first-order chi connectivity index (χ1) is 20.2. The summed E-state index contributed by atoms with van der Waals surface area (Å²) in [6.45, 7) is 2.03. The van der Waals surface area contributed by atoms with Gasteiger partial charge in [-0.05, 0) is 24.2 Å². The molecule has 3 nitrogen and oxygen atoms in total. The molecule has 0 amide bonds. The van der Waals surface area contributed by atoms with E-state index >= 15 is 0 Å². The van der Waals surface area contributed by atoms with E-state index < -0.39 is 0 Å². The van der Waals surface area contributed by atoms with E-state index in [0.29, 0.717) is 0 Å². The van der Waals surface area contributed by atoms with Crippen molar-refractivity contribution in [3.8, 4) is 11.3 Å². The molecule has 5 aromatic carbocycles. The van der Waals surface area contributed by atoms with Crippen LogP contribution < -0.4 is 4.58 Å². The molecule has 4 heteroatoms. The molecule has 3 heterocycles. The van der Waals surface area contributed by atoms with Gasteiger partial charge in [0, 0.05) is 61.0 Å². The van der Waals surface area contributed by atoms with Crippen LogP contribution in [-0.2, 0) is 20.1 Å². The number of aromatic nitrogens is 1. The molecule has 8 rings (SSSR count). The Morgan fingerprint density at radius 3 is 2.31 bits per heavy atom. The molecule has 0 N–H and O–H groups in total. The topological polar surface area (TPSA) is 29.0 Å². The fourth-order valence-corrected chi connectivity index (χ4v) is 5.09. The number of aryl methyl sites for hydroxylation is 1. The smallest absolute Gasteiger partial charge is 0.220 e. The molecule has 0 aliphatic carbocycles. The van der Waals surface area contributed by atoms with Gasteiger partial charge in [-0.2, -0.15) is 0 Å². The largest absolute Gasteiger partial charge is 0.500 e. The molecule has 1 radical (unpaired) electrons. The second-order valence-electron chi connectivity index (χ2n) is 9.89. The van der Waals surface area contributed by atoms with Crippen molar-refractivity contribution in [2.45, 2.75) is 6.92 Å². The minimum Gasteiger partial charge on any atom is -0.500 e. The van der Waals surface area contributed by atoms with Crippen molar-refractivity contribution in [3.05, 3.63) is 162 Å². The van der Waals surface area contributed by atoms with Crippen molar-refractivity contribution in [1.29, 1.82) is 0 Å². The van der Waals surface area contributed by atoms with Crippen LogP contribution in [0.4, 0.5) is 11.4 Å². The second-order valence-corrected chi connectivity index (χ2v) is 9.89. The maximum Gasteiger partial charge on any atom is 0.220 e. The number of fused-ring (bicyclic) bond motifs is 4. The molecule has 0 atom stereocenters. The Bertz CT molecular complexity index is 2070. The van der Waals surface area contributed by atoms with Crippen molar-refractivity contribution in [2.75, 3.05) is 0 Å². The van der Waals surface area contributed by atoms with Gasteiger partial charge in [0.25, 0.3) is 0 Å². The van der Waals surface area contributed by atoms with Crippen LogP contribution in [0.5, 0.6) is 0 Å². The first-order valence-electron chi connectivity index (χ1n) is 13.6. The molecule has 0 fully saturated rings. The average molecular weight is 718 g/mol. The molecule has 1 aliphatic rings. The van der Waals surface area contributed by atoms with E-state index in [4.69, 9.17) is 4.42 Å². The first kappa shape index (κ1) is 27.3. The predicted molar refractivity (Wildman–Crippen MR) is 168 cm³/mol. The molecular weight excluding hydrogens is 693 g/mol. The Morgan fingerprint density at radius 1 is 0.714 bits per heavy atom. The third kappa shape index (κ3) is 5.28. The van der Waals surface area contributed by atoms with E-state index in [1.807, 2.05) is 85.9 Å². The van der Waals surface area contributed by atoms with Crippen molar-refractivity contribution in [1.82, 2.24) is 9.56 Å². The third-order valence-corrected chi connectivity index (χ3v) is 7.13. The van der Waals surface area contributed by atoms with Crippen LogP contribution in [0.3, 0.4) is 0 Å². The van der Waals surface area contributed by atoms with Crippen LogP contribution >= 0.6 is 0 Å². The van der Waals surface area contributed by atoms with E-state index in [2.05, 4.69) is 82.2 Å². The van der Waals surface area contributed by atoms with Crippen molar-refractivity contribution >= 4 is 44.8 Å². The van der Waals surface area contributed by atoms with Crippen LogP contribution in [0.25, 0.3) is 38.8 Å². The SMILES string of the molecule is C1=C(c2[c-]cc3oc4ccccc4c3c2)c2ccccc2[N+]=1c1ccccc1.Cc1ccc(-c2[c-]cccc2)nc1.[Ir]. The van der Waals surface area contributed by atoms with Gasteiger partial charge >= 0.3 is 0 Å². The fourth-order valence-electron chi connectivity index (χ4n) is 5.09. The first-order valence-corrected chi connectivity index (χ1v) is 13.6. The maximum atomic E-state index is 5.96. The van der Waals surface area contributed by atoms with Gasteiger partial charge in [-0.15, -0.1) is 64.2 Å². The fraction of sp³-hybridized carbons (Fsp3) is 0.0263. The molecule has 203 valence electrons. The summed E-state index contributed by atoms with van der Waals surface area (Å²) in [7, 11) is 0. The van der Waals surface area contributed by atoms with E-state index in [-0.39, 0.29) is 20.1 Å². The van der Waals surface area contributed by atoms with E-state index in [1.165, 1.54) is 5.56 Å². The minimum atomic E-state index is 0.